The monoisotopic (exact) mass is 399 g/mol. The highest BCUT2D eigenvalue weighted by Gasteiger charge is 2.24. The normalized spacial score (nSPS) is 11.6. The fourth-order valence-electron chi connectivity index (χ4n) is 2.37. The van der Waals surface area contributed by atoms with Crippen molar-refractivity contribution in [3.8, 4) is 6.07 Å². The summed E-state index contributed by atoms with van der Waals surface area (Å²) in [4.78, 5) is 14.2. The summed E-state index contributed by atoms with van der Waals surface area (Å²) in [7, 11) is -2.90. The van der Waals surface area contributed by atoms with Crippen LogP contribution in [0.3, 0.4) is 0 Å². The minimum Gasteiger partial charge on any atom is -0.258 e. The molecule has 3 aromatic rings. The van der Waals surface area contributed by atoms with Crippen LogP contribution < -0.4 is 0 Å². The Bertz CT molecular complexity index is 1260. The summed E-state index contributed by atoms with van der Waals surface area (Å²) < 4.78 is 27.6. The minimum absolute atomic E-state index is 0.177. The number of aromatic nitrogens is 3. The molecule has 0 amide bonds. The van der Waals surface area contributed by atoms with E-state index in [2.05, 4.69) is 15.2 Å². The number of non-ortho nitro benzene ring substituents is 1. The maximum Gasteiger partial charge on any atom is 0.279 e. The molecule has 2 heterocycles. The first-order valence-corrected chi connectivity index (χ1v) is 9.20. The van der Waals surface area contributed by atoms with E-state index in [-0.39, 0.29) is 16.3 Å². The number of nitro groups is 1. The fourth-order valence-corrected chi connectivity index (χ4v) is 3.57. The number of hydrogen-bond donors (Lipinski definition) is 0. The second kappa shape index (κ2) is 7.05. The van der Waals surface area contributed by atoms with E-state index in [0.29, 0.717) is 21.2 Å². The molecule has 0 unspecified atom stereocenters. The quantitative estimate of drug-likeness (QED) is 0.358. The summed E-state index contributed by atoms with van der Waals surface area (Å²) in [5.74, 6) is 0. The first kappa shape index (κ1) is 18.9. The topological polar surface area (TPSA) is 147 Å². The van der Waals surface area contributed by atoms with Crippen molar-refractivity contribution in [2.45, 2.75) is 11.8 Å². The Balaban J connectivity index is 1.96. The predicted octanol–water partition coefficient (Wildman–Crippen LogP) is 1.47. The van der Waals surface area contributed by atoms with Gasteiger partial charge in [0.25, 0.3) is 15.7 Å². The summed E-state index contributed by atoms with van der Waals surface area (Å²) in [6.45, 7) is 1.53. The molecule has 0 saturated heterocycles. The predicted molar refractivity (Wildman–Crippen MR) is 98.1 cm³/mol. The Morgan fingerprint density at radius 3 is 2.82 bits per heavy atom. The van der Waals surface area contributed by atoms with Gasteiger partial charge in [0.05, 0.1) is 27.8 Å². The highest BCUT2D eigenvalue weighted by molar-refractivity contribution is 7.89. The molecule has 3 rings (SSSR count). The molecule has 1 aromatic carbocycles. The van der Waals surface area contributed by atoms with Gasteiger partial charge in [0.1, 0.15) is 11.8 Å². The SMILES string of the molecule is Cc1ccc([N+](=O)[O-])cc1S(=O)(=O)N(C)/N=C/c1cnn2ccc(C#N)nc12. The highest BCUT2D eigenvalue weighted by atomic mass is 32.2. The van der Waals surface area contributed by atoms with Crippen molar-refractivity contribution in [2.24, 2.45) is 5.10 Å². The number of aryl methyl sites for hydroxylation is 1. The molecule has 0 spiro atoms. The Hall–Kier alpha value is -3.85. The molecule has 0 saturated carbocycles. The molecule has 0 bridgehead atoms. The zero-order valence-corrected chi connectivity index (χ0v) is 15.5. The molecule has 142 valence electrons. The van der Waals surface area contributed by atoms with Crippen molar-refractivity contribution in [1.82, 2.24) is 19.0 Å². The fraction of sp³-hybridized carbons (Fsp3) is 0.125. The lowest BCUT2D eigenvalue weighted by molar-refractivity contribution is -0.385. The molecule has 0 aliphatic rings. The lowest BCUT2D eigenvalue weighted by Crippen LogP contribution is -2.22. The zero-order valence-electron chi connectivity index (χ0n) is 14.7. The molecule has 28 heavy (non-hydrogen) atoms. The van der Waals surface area contributed by atoms with Crippen LogP contribution in [0.25, 0.3) is 5.65 Å². The van der Waals surface area contributed by atoms with Gasteiger partial charge < -0.3 is 0 Å². The van der Waals surface area contributed by atoms with E-state index in [0.717, 1.165) is 6.07 Å². The molecular weight excluding hydrogens is 386 g/mol. The third-order valence-electron chi connectivity index (χ3n) is 3.88. The van der Waals surface area contributed by atoms with E-state index in [1.54, 1.807) is 6.20 Å². The zero-order chi connectivity index (χ0) is 20.5. The molecule has 12 heteroatoms. The van der Waals surface area contributed by atoms with Crippen LogP contribution in [0.4, 0.5) is 5.69 Å². The van der Waals surface area contributed by atoms with E-state index >= 15 is 0 Å². The van der Waals surface area contributed by atoms with Gasteiger partial charge in [-0.3, -0.25) is 10.1 Å². The van der Waals surface area contributed by atoms with Crippen LogP contribution in [0.2, 0.25) is 0 Å². The van der Waals surface area contributed by atoms with Crippen LogP contribution in [0.1, 0.15) is 16.8 Å². The van der Waals surface area contributed by atoms with Gasteiger partial charge in [-0.25, -0.2) is 9.50 Å². The molecule has 0 fully saturated rings. The van der Waals surface area contributed by atoms with Gasteiger partial charge in [-0.15, -0.1) is 0 Å². The molecular formula is C16H13N7O4S. The van der Waals surface area contributed by atoms with Crippen molar-refractivity contribution in [2.75, 3.05) is 7.05 Å². The minimum atomic E-state index is -4.11. The van der Waals surface area contributed by atoms with Crippen LogP contribution in [-0.2, 0) is 10.0 Å². The number of sulfonamides is 1. The van der Waals surface area contributed by atoms with Gasteiger partial charge in [-0.2, -0.15) is 28.3 Å². The van der Waals surface area contributed by atoms with E-state index in [4.69, 9.17) is 5.26 Å². The standard InChI is InChI=1S/C16H13N7O4S/c1-11-3-4-14(23(24)25)7-15(11)28(26,27)21(2)18-9-12-10-19-22-6-5-13(8-17)20-16(12)22/h3-7,9-10H,1-2H3/b18-9+. The summed E-state index contributed by atoms with van der Waals surface area (Å²) in [6.07, 6.45) is 4.21. The van der Waals surface area contributed by atoms with Crippen LogP contribution in [0, 0.1) is 28.4 Å². The van der Waals surface area contributed by atoms with E-state index < -0.39 is 14.9 Å². The largest absolute Gasteiger partial charge is 0.279 e. The van der Waals surface area contributed by atoms with Gasteiger partial charge in [0.2, 0.25) is 0 Å². The number of hydrazone groups is 1. The molecule has 0 aliphatic heterocycles. The highest BCUT2D eigenvalue weighted by Crippen LogP contribution is 2.24. The smallest absolute Gasteiger partial charge is 0.258 e. The second-order valence-electron chi connectivity index (χ2n) is 5.68. The summed E-state index contributed by atoms with van der Waals surface area (Å²) in [6, 6.07) is 6.98. The van der Waals surface area contributed by atoms with Crippen molar-refractivity contribution in [3.63, 3.8) is 0 Å². The Kier molecular flexibility index (Phi) is 4.76. The number of nitro benzene ring substituents is 1. The number of rotatable bonds is 5. The van der Waals surface area contributed by atoms with Gasteiger partial charge in [-0.05, 0) is 18.6 Å². The van der Waals surface area contributed by atoms with Gasteiger partial charge >= 0.3 is 0 Å². The Morgan fingerprint density at radius 2 is 2.14 bits per heavy atom. The van der Waals surface area contributed by atoms with Crippen LogP contribution in [0.5, 0.6) is 0 Å². The number of benzene rings is 1. The van der Waals surface area contributed by atoms with Crippen LogP contribution in [-0.4, -0.2) is 45.6 Å². The third kappa shape index (κ3) is 3.38. The maximum atomic E-state index is 12.8. The van der Waals surface area contributed by atoms with E-state index in [1.165, 1.54) is 49.1 Å². The summed E-state index contributed by atoms with van der Waals surface area (Å²) in [5, 5.41) is 27.9. The lowest BCUT2D eigenvalue weighted by atomic mass is 10.2. The van der Waals surface area contributed by atoms with Crippen LogP contribution in [0.15, 0.2) is 46.7 Å². The van der Waals surface area contributed by atoms with Crippen molar-refractivity contribution in [1.29, 1.82) is 5.26 Å². The molecule has 2 aromatic heterocycles. The number of hydrogen-bond acceptors (Lipinski definition) is 8. The average Bonchev–Trinajstić information content (AvgIpc) is 3.08. The summed E-state index contributed by atoms with van der Waals surface area (Å²) >= 11 is 0. The van der Waals surface area contributed by atoms with Crippen molar-refractivity contribution >= 4 is 27.6 Å². The third-order valence-corrected chi connectivity index (χ3v) is 5.66. The Labute approximate surface area is 159 Å². The summed E-state index contributed by atoms with van der Waals surface area (Å²) in [5.41, 5.74) is 0.923. The molecule has 0 radical (unpaired) electrons. The van der Waals surface area contributed by atoms with Gasteiger partial charge in [0, 0.05) is 25.4 Å². The number of fused-ring (bicyclic) bond motifs is 1. The molecule has 0 N–H and O–H groups in total. The van der Waals surface area contributed by atoms with Gasteiger partial charge in [0.15, 0.2) is 5.65 Å². The van der Waals surface area contributed by atoms with E-state index in [1.807, 2.05) is 6.07 Å². The maximum absolute atomic E-state index is 12.8. The first-order chi connectivity index (χ1) is 13.2. The molecule has 0 aliphatic carbocycles. The lowest BCUT2D eigenvalue weighted by Gasteiger charge is -2.15. The van der Waals surface area contributed by atoms with E-state index in [9.17, 15) is 18.5 Å². The van der Waals surface area contributed by atoms with Gasteiger partial charge in [-0.1, -0.05) is 6.07 Å². The number of nitriles is 1. The molecule has 0 atom stereocenters. The second-order valence-corrected chi connectivity index (χ2v) is 7.60. The Morgan fingerprint density at radius 1 is 1.39 bits per heavy atom. The van der Waals surface area contributed by atoms with Crippen LogP contribution >= 0.6 is 0 Å². The van der Waals surface area contributed by atoms with Crippen molar-refractivity contribution < 1.29 is 13.3 Å². The first-order valence-electron chi connectivity index (χ1n) is 7.76. The number of nitrogens with zero attached hydrogens (tertiary/aromatic N) is 7. The molecule has 11 nitrogen and oxygen atoms in total. The van der Waals surface area contributed by atoms with Crippen molar-refractivity contribution in [3.05, 3.63) is 63.6 Å². The average molecular weight is 399 g/mol.